The van der Waals surface area contributed by atoms with Crippen molar-refractivity contribution < 1.29 is 33.8 Å². The number of ether oxygens (including phenoxy) is 2. The van der Waals surface area contributed by atoms with Gasteiger partial charge in [0.1, 0.15) is 22.6 Å². The van der Waals surface area contributed by atoms with Crippen LogP contribution in [0.15, 0.2) is 29.6 Å². The summed E-state index contributed by atoms with van der Waals surface area (Å²) in [4.78, 5) is 57.1. The van der Waals surface area contributed by atoms with Crippen molar-refractivity contribution in [3.63, 3.8) is 0 Å². The number of carbonyl (C=O) groups excluding carboxylic acids is 3. The molecule has 3 atom stereocenters. The molecule has 0 aliphatic heterocycles. The molecule has 6 N–H and O–H groups in total. The van der Waals surface area contributed by atoms with Crippen LogP contribution >= 0.6 is 11.3 Å². The average molecular weight is 849 g/mol. The molecule has 3 amide bonds. The van der Waals surface area contributed by atoms with Crippen molar-refractivity contribution in [2.75, 3.05) is 46.4 Å². The van der Waals surface area contributed by atoms with Crippen molar-refractivity contribution in [1.82, 2.24) is 20.1 Å². The highest BCUT2D eigenvalue weighted by atomic mass is 32.1. The van der Waals surface area contributed by atoms with Gasteiger partial charge in [0.2, 0.25) is 11.8 Å². The summed E-state index contributed by atoms with van der Waals surface area (Å²) in [6.07, 6.45) is 9.10. The highest BCUT2D eigenvalue weighted by molar-refractivity contribution is 7.09. The number of aliphatic carboxylic acids is 1. The van der Waals surface area contributed by atoms with Gasteiger partial charge in [-0.15, -0.1) is 11.3 Å². The summed E-state index contributed by atoms with van der Waals surface area (Å²) < 4.78 is 12.1. The lowest BCUT2D eigenvalue weighted by molar-refractivity contribution is -0.137. The van der Waals surface area contributed by atoms with Crippen LogP contribution in [0, 0.1) is 5.92 Å². The van der Waals surface area contributed by atoms with E-state index in [1.807, 2.05) is 55.0 Å². The van der Waals surface area contributed by atoms with E-state index in [2.05, 4.69) is 46.9 Å². The number of amides is 3. The van der Waals surface area contributed by atoms with E-state index in [0.29, 0.717) is 57.1 Å². The Morgan fingerprint density at radius 3 is 2.14 bits per heavy atom. The number of hydrogen-bond acceptors (Lipinski definition) is 10. The van der Waals surface area contributed by atoms with Crippen LogP contribution in [0.5, 0.6) is 5.75 Å². The Bertz CT molecular complexity index is 1410. The third kappa shape index (κ3) is 24.9. The summed E-state index contributed by atoms with van der Waals surface area (Å²) in [5.74, 6) is -0.359. The van der Waals surface area contributed by atoms with Crippen molar-refractivity contribution in [3.05, 3.63) is 45.9 Å². The van der Waals surface area contributed by atoms with Crippen molar-refractivity contribution in [1.29, 1.82) is 0 Å². The maximum absolute atomic E-state index is 13.4. The minimum Gasteiger partial charge on any atom is -0.494 e. The lowest BCUT2D eigenvalue weighted by Gasteiger charge is -2.36. The Kier molecular flexibility index (Phi) is 32.1. The number of nitrogens with zero attached hydrogens (tertiary/aromatic N) is 3. The number of unbranched alkanes of at least 4 members (excludes halogenated alkanes) is 3. The summed E-state index contributed by atoms with van der Waals surface area (Å²) in [6, 6.07) is 7.24. The maximum atomic E-state index is 13.4. The van der Waals surface area contributed by atoms with E-state index >= 15 is 0 Å². The molecule has 59 heavy (non-hydrogen) atoms. The summed E-state index contributed by atoms with van der Waals surface area (Å²) in [6.45, 7) is 20.4. The fraction of sp³-hybridized carbons (Fsp3) is 0.711. The minimum atomic E-state index is -0.915. The van der Waals surface area contributed by atoms with Crippen molar-refractivity contribution >= 4 is 35.0 Å². The highest BCUT2D eigenvalue weighted by Crippen LogP contribution is 2.31. The summed E-state index contributed by atoms with van der Waals surface area (Å²) >= 11 is 1.38. The van der Waals surface area contributed by atoms with E-state index in [0.717, 1.165) is 69.2 Å². The monoisotopic (exact) mass is 849 g/mol. The largest absolute Gasteiger partial charge is 0.494 e. The maximum Gasteiger partial charge on any atom is 0.303 e. The standard InChI is InChI=1S/C36H58N4O6S.C7H16N2O.C2H6/c1-6-9-12-33(41)40(20-7-2)31(26(4)5)24-32(46-21-8-3)36-39-30(25-47-36)35(44)38-28(15-18-34(42)43)23-27-13-16-29(17-14-27)45-22-11-10-19-37;1-3-4-5-9(2)6-7(8)10;1-2/h13-14,16-17,25-26,28,31-32H,6-12,15,18-24,37H2,1-5H3,(H,38,44)(H,42,43);3-6H2,1-2H3,(H2,8,10);1-2H3. The minimum absolute atomic E-state index is 0.0227. The molecule has 2 rings (SSSR count). The van der Waals surface area contributed by atoms with E-state index in [4.69, 9.17) is 25.9 Å². The molecular formula is C45H80N6O7S. The Morgan fingerprint density at radius 1 is 0.898 bits per heavy atom. The van der Waals surface area contributed by atoms with Gasteiger partial charge in [-0.1, -0.05) is 80.4 Å². The van der Waals surface area contributed by atoms with Crippen molar-refractivity contribution in [3.8, 4) is 5.75 Å². The van der Waals surface area contributed by atoms with Crippen LogP contribution in [-0.2, 0) is 25.5 Å². The van der Waals surface area contributed by atoms with Crippen LogP contribution in [0.25, 0.3) is 0 Å². The van der Waals surface area contributed by atoms with Gasteiger partial charge in [-0.25, -0.2) is 4.98 Å². The van der Waals surface area contributed by atoms with Gasteiger partial charge < -0.3 is 36.3 Å². The molecule has 0 spiro atoms. The number of aromatic nitrogens is 1. The molecule has 3 unspecified atom stereocenters. The lowest BCUT2D eigenvalue weighted by atomic mass is 9.95. The molecule has 14 heteroatoms. The first-order valence-corrected chi connectivity index (χ1v) is 22.9. The third-order valence-electron chi connectivity index (χ3n) is 9.34. The number of rotatable bonds is 30. The SMILES string of the molecule is CC.CCCCC(=O)N(CCC)C(CC(OCCC)c1nc(C(=O)NC(CCC(=O)O)Cc2ccc(OCCCCN)cc2)cs1)C(C)C.CCCCN(C)CC(N)=O. The zero-order valence-corrected chi connectivity index (χ0v) is 38.7. The van der Waals surface area contributed by atoms with Crippen LogP contribution in [0.2, 0.25) is 0 Å². The molecule has 0 fully saturated rings. The molecule has 1 heterocycles. The number of carboxylic acid groups (broad SMARTS) is 1. The molecule has 1 aromatic heterocycles. The molecule has 0 saturated heterocycles. The first kappa shape index (κ1) is 55.4. The number of carboxylic acids is 1. The van der Waals surface area contributed by atoms with Crippen LogP contribution in [0.1, 0.15) is 160 Å². The van der Waals surface area contributed by atoms with Gasteiger partial charge in [-0.3, -0.25) is 24.1 Å². The molecule has 13 nitrogen and oxygen atoms in total. The third-order valence-corrected chi connectivity index (χ3v) is 10.3. The second-order valence-electron chi connectivity index (χ2n) is 15.0. The van der Waals surface area contributed by atoms with Gasteiger partial charge in [-0.2, -0.15) is 0 Å². The van der Waals surface area contributed by atoms with E-state index in [1.165, 1.54) is 11.3 Å². The molecule has 0 radical (unpaired) electrons. The zero-order valence-electron chi connectivity index (χ0n) is 37.9. The molecule has 338 valence electrons. The average Bonchev–Trinajstić information content (AvgIpc) is 3.71. The molecule has 0 bridgehead atoms. The van der Waals surface area contributed by atoms with Gasteiger partial charge in [0.15, 0.2) is 0 Å². The highest BCUT2D eigenvalue weighted by Gasteiger charge is 2.31. The number of nitrogens with two attached hydrogens (primary N) is 2. The Morgan fingerprint density at radius 2 is 1.58 bits per heavy atom. The molecule has 0 saturated carbocycles. The molecule has 0 aliphatic carbocycles. The Labute approximate surface area is 360 Å². The lowest BCUT2D eigenvalue weighted by Crippen LogP contribution is -2.44. The van der Waals surface area contributed by atoms with E-state index < -0.39 is 12.0 Å². The Hall–Kier alpha value is -3.59. The van der Waals surface area contributed by atoms with Crippen molar-refractivity contribution in [2.24, 2.45) is 17.4 Å². The van der Waals surface area contributed by atoms with Gasteiger partial charge in [-0.05, 0) is 95.1 Å². The smallest absolute Gasteiger partial charge is 0.303 e. The zero-order chi connectivity index (χ0) is 44.6. The second-order valence-corrected chi connectivity index (χ2v) is 15.9. The van der Waals surface area contributed by atoms with E-state index in [-0.39, 0.29) is 54.3 Å². The van der Waals surface area contributed by atoms with E-state index in [1.54, 1.807) is 5.38 Å². The van der Waals surface area contributed by atoms with Gasteiger partial charge in [0.25, 0.3) is 5.91 Å². The summed E-state index contributed by atoms with van der Waals surface area (Å²) in [5.41, 5.74) is 11.8. The fourth-order valence-electron chi connectivity index (χ4n) is 6.20. The number of benzene rings is 1. The number of likely N-dealkylation sites (N-methyl/N-ethyl adjacent to an activating group) is 1. The summed E-state index contributed by atoms with van der Waals surface area (Å²) in [5, 5.41) is 14.8. The van der Waals surface area contributed by atoms with Crippen LogP contribution in [0.3, 0.4) is 0 Å². The van der Waals surface area contributed by atoms with Gasteiger partial charge >= 0.3 is 5.97 Å². The molecule has 1 aromatic carbocycles. The molecular weight excluding hydrogens is 769 g/mol. The van der Waals surface area contributed by atoms with Crippen molar-refractivity contribution in [2.45, 2.75) is 157 Å². The number of primary amides is 1. The predicted molar refractivity (Wildman–Crippen MR) is 241 cm³/mol. The number of carbonyl (C=O) groups is 4. The number of hydrogen-bond donors (Lipinski definition) is 4. The number of nitrogens with one attached hydrogen (secondary N) is 1. The van der Waals surface area contributed by atoms with Crippen LogP contribution < -0.4 is 21.5 Å². The summed E-state index contributed by atoms with van der Waals surface area (Å²) in [7, 11) is 1.90. The number of thiazole rings is 1. The first-order valence-electron chi connectivity index (χ1n) is 22.1. The normalized spacial score (nSPS) is 12.4. The van der Waals surface area contributed by atoms with Crippen LogP contribution in [0.4, 0.5) is 0 Å². The van der Waals surface area contributed by atoms with E-state index in [9.17, 15) is 24.3 Å². The quantitative estimate of drug-likeness (QED) is 0.0561. The van der Waals surface area contributed by atoms with Crippen LogP contribution in [-0.4, -0.2) is 102 Å². The molecule has 2 aromatic rings. The van der Waals surface area contributed by atoms with Gasteiger partial charge in [0.05, 0.1) is 13.2 Å². The van der Waals surface area contributed by atoms with Gasteiger partial charge in [0, 0.05) is 49.9 Å². The molecule has 0 aliphatic rings. The predicted octanol–water partition coefficient (Wildman–Crippen LogP) is 8.01. The first-order chi connectivity index (χ1) is 28.3. The Balaban J connectivity index is 0.00000244. The topological polar surface area (TPSA) is 190 Å². The second kappa shape index (κ2) is 34.2. The fourth-order valence-corrected chi connectivity index (χ4v) is 7.06.